The highest BCUT2D eigenvalue weighted by molar-refractivity contribution is 5.83. The molecule has 7 nitrogen and oxygen atoms in total. The molecule has 1 fully saturated rings. The molecule has 0 spiro atoms. The van der Waals surface area contributed by atoms with E-state index in [-0.39, 0.29) is 24.0 Å². The highest BCUT2D eigenvalue weighted by atomic mass is 16.5. The van der Waals surface area contributed by atoms with E-state index in [9.17, 15) is 15.0 Å². The zero-order valence-electron chi connectivity index (χ0n) is 20.7. The molecule has 192 valence electrons. The van der Waals surface area contributed by atoms with Gasteiger partial charge in [0.1, 0.15) is 18.1 Å². The van der Waals surface area contributed by atoms with Crippen LogP contribution < -0.4 is 4.74 Å². The van der Waals surface area contributed by atoms with Crippen LogP contribution in [0.2, 0.25) is 0 Å². The zero-order valence-corrected chi connectivity index (χ0v) is 20.7. The number of pyridine rings is 1. The zero-order chi connectivity index (χ0) is 25.9. The van der Waals surface area contributed by atoms with Crippen LogP contribution in [0, 0.1) is 0 Å². The van der Waals surface area contributed by atoms with Crippen LogP contribution in [0.5, 0.6) is 11.5 Å². The fourth-order valence-corrected chi connectivity index (χ4v) is 4.31. The van der Waals surface area contributed by atoms with Crippen molar-refractivity contribution in [3.05, 3.63) is 102 Å². The third kappa shape index (κ3) is 7.13. The van der Waals surface area contributed by atoms with Gasteiger partial charge >= 0.3 is 0 Å². The number of aldehydes is 1. The summed E-state index contributed by atoms with van der Waals surface area (Å²) in [4.78, 5) is 17.8. The fourth-order valence-electron chi connectivity index (χ4n) is 4.31. The maximum absolute atomic E-state index is 11.2. The number of aliphatic hydroxyl groups excluding tert-OH is 1. The van der Waals surface area contributed by atoms with Crippen LogP contribution in [-0.4, -0.2) is 65.4 Å². The first kappa shape index (κ1) is 26.3. The van der Waals surface area contributed by atoms with Gasteiger partial charge in [0.25, 0.3) is 0 Å². The summed E-state index contributed by atoms with van der Waals surface area (Å²) in [6.07, 6.45) is 2.85. The van der Waals surface area contributed by atoms with Gasteiger partial charge in [-0.1, -0.05) is 60.7 Å². The Kier molecular flexibility index (Phi) is 9.60. The first-order chi connectivity index (χ1) is 18.2. The number of phenols is 1. The van der Waals surface area contributed by atoms with Crippen LogP contribution in [0.25, 0.3) is 10.8 Å². The molecule has 0 radical (unpaired) electrons. The summed E-state index contributed by atoms with van der Waals surface area (Å²) in [5, 5.41) is 21.6. The highest BCUT2D eigenvalue weighted by Crippen LogP contribution is 2.26. The van der Waals surface area contributed by atoms with E-state index in [1.807, 2.05) is 12.1 Å². The first-order valence-electron chi connectivity index (χ1n) is 12.4. The lowest BCUT2D eigenvalue weighted by Crippen LogP contribution is -2.48. The van der Waals surface area contributed by atoms with E-state index >= 15 is 0 Å². The number of carbonyl (C=O) groups excluding carboxylic acids is 1. The first-order valence-corrected chi connectivity index (χ1v) is 12.4. The lowest BCUT2D eigenvalue weighted by molar-refractivity contribution is -0.0276. The van der Waals surface area contributed by atoms with E-state index in [0.717, 1.165) is 17.8 Å². The minimum Gasteiger partial charge on any atom is -0.507 e. The number of aromatic hydroxyl groups is 1. The molecule has 2 heterocycles. The monoisotopic (exact) mass is 500 g/mol. The van der Waals surface area contributed by atoms with Gasteiger partial charge in [0.2, 0.25) is 0 Å². The van der Waals surface area contributed by atoms with Crippen molar-refractivity contribution in [3.63, 3.8) is 0 Å². The van der Waals surface area contributed by atoms with Gasteiger partial charge in [-0.25, -0.2) is 0 Å². The molecule has 37 heavy (non-hydrogen) atoms. The van der Waals surface area contributed by atoms with Crippen molar-refractivity contribution < 1.29 is 24.5 Å². The van der Waals surface area contributed by atoms with Gasteiger partial charge in [0, 0.05) is 38.0 Å². The second-order valence-electron chi connectivity index (χ2n) is 8.75. The van der Waals surface area contributed by atoms with E-state index in [1.165, 1.54) is 16.8 Å². The van der Waals surface area contributed by atoms with Gasteiger partial charge in [0.15, 0.2) is 6.29 Å². The lowest BCUT2D eigenvalue weighted by atomic mass is 10.1. The number of ether oxygens (including phenoxy) is 2. The predicted octanol–water partition coefficient (Wildman–Crippen LogP) is 4.25. The third-order valence-corrected chi connectivity index (χ3v) is 6.31. The summed E-state index contributed by atoms with van der Waals surface area (Å²) in [7, 11) is 0. The topological polar surface area (TPSA) is 92.1 Å². The maximum atomic E-state index is 11.2. The van der Waals surface area contributed by atoms with Crippen molar-refractivity contribution in [1.29, 1.82) is 0 Å². The van der Waals surface area contributed by atoms with E-state index in [1.54, 1.807) is 18.3 Å². The van der Waals surface area contributed by atoms with E-state index in [2.05, 4.69) is 58.4 Å². The van der Waals surface area contributed by atoms with Gasteiger partial charge < -0.3 is 19.7 Å². The van der Waals surface area contributed by atoms with Crippen LogP contribution in [0.1, 0.15) is 21.6 Å². The average Bonchev–Trinajstić information content (AvgIpc) is 2.94. The number of rotatable bonds is 8. The van der Waals surface area contributed by atoms with E-state index in [0.29, 0.717) is 44.8 Å². The highest BCUT2D eigenvalue weighted by Gasteiger charge is 2.25. The molecule has 7 heteroatoms. The van der Waals surface area contributed by atoms with Gasteiger partial charge in [-0.3, -0.25) is 14.7 Å². The number of hydrogen-bond acceptors (Lipinski definition) is 7. The molecule has 0 bridgehead atoms. The minimum atomic E-state index is -0.0942. The number of fused-ring (bicyclic) bond motifs is 1. The summed E-state index contributed by atoms with van der Waals surface area (Å²) >= 11 is 0. The molecule has 3 aromatic carbocycles. The number of nitrogens with zero attached hydrogens (tertiary/aromatic N) is 2. The smallest absolute Gasteiger partial charge is 0.157 e. The fraction of sp³-hybridized carbons (Fsp3) is 0.267. The average molecular weight is 501 g/mol. The second kappa shape index (κ2) is 13.5. The lowest BCUT2D eigenvalue weighted by Gasteiger charge is -2.35. The molecule has 1 saturated heterocycles. The quantitative estimate of drug-likeness (QED) is 0.350. The largest absolute Gasteiger partial charge is 0.507 e. The predicted molar refractivity (Wildman–Crippen MR) is 143 cm³/mol. The van der Waals surface area contributed by atoms with Crippen LogP contribution in [-0.2, 0) is 17.7 Å². The molecule has 1 aromatic heterocycles. The molecule has 0 unspecified atom stereocenters. The third-order valence-electron chi connectivity index (χ3n) is 6.31. The molecule has 0 saturated carbocycles. The molecular weight excluding hydrogens is 468 g/mol. The number of aliphatic hydroxyl groups is 1. The Balaban J connectivity index is 0.000000265. The van der Waals surface area contributed by atoms with Crippen LogP contribution in [0.3, 0.4) is 0 Å². The van der Waals surface area contributed by atoms with Crippen molar-refractivity contribution >= 4 is 17.1 Å². The summed E-state index contributed by atoms with van der Waals surface area (Å²) in [5.74, 6) is 0.265. The molecule has 1 aliphatic rings. The van der Waals surface area contributed by atoms with E-state index < -0.39 is 0 Å². The second-order valence-corrected chi connectivity index (χ2v) is 8.75. The van der Waals surface area contributed by atoms with Crippen molar-refractivity contribution in [2.45, 2.75) is 19.0 Å². The van der Waals surface area contributed by atoms with Gasteiger partial charge in [0.05, 0.1) is 24.8 Å². The summed E-state index contributed by atoms with van der Waals surface area (Å²) in [5.41, 5.74) is 2.12. The number of morpholine rings is 1. The summed E-state index contributed by atoms with van der Waals surface area (Å²) in [6.45, 7) is 2.98. The maximum Gasteiger partial charge on any atom is 0.157 e. The van der Waals surface area contributed by atoms with Crippen molar-refractivity contribution in [2.24, 2.45) is 0 Å². The Morgan fingerprint density at radius 3 is 2.41 bits per heavy atom. The van der Waals surface area contributed by atoms with Crippen LogP contribution >= 0.6 is 0 Å². The Hall–Kier alpha value is -3.78. The molecule has 5 rings (SSSR count). The summed E-state index contributed by atoms with van der Waals surface area (Å²) in [6, 6.07) is 25.4. The number of benzene rings is 3. The SMILES string of the molecule is O=Cc1c(O)cccc1OC[C@@H]1COCCN1Cc1cccnc1CCO.c1ccc2ccccc2c1. The minimum absolute atomic E-state index is 0.00258. The Morgan fingerprint density at radius 2 is 1.73 bits per heavy atom. The molecule has 4 aromatic rings. The number of carbonyl (C=O) groups is 1. The molecule has 0 aliphatic carbocycles. The normalized spacial score (nSPS) is 15.5. The van der Waals surface area contributed by atoms with Crippen LogP contribution in [0.4, 0.5) is 0 Å². The Morgan fingerprint density at radius 1 is 1.00 bits per heavy atom. The van der Waals surface area contributed by atoms with Crippen LogP contribution in [0.15, 0.2) is 85.1 Å². The van der Waals surface area contributed by atoms with Gasteiger partial charge in [-0.15, -0.1) is 0 Å². The van der Waals surface area contributed by atoms with Gasteiger partial charge in [-0.05, 0) is 34.5 Å². The van der Waals surface area contributed by atoms with Crippen molar-refractivity contribution in [3.8, 4) is 11.5 Å². The molecular formula is C30H32N2O5. The summed E-state index contributed by atoms with van der Waals surface area (Å²) < 4.78 is 11.4. The molecule has 1 aliphatic heterocycles. The van der Waals surface area contributed by atoms with Gasteiger partial charge in [-0.2, -0.15) is 0 Å². The molecule has 2 N–H and O–H groups in total. The molecule has 1 atom stereocenters. The Labute approximate surface area is 216 Å². The number of aromatic nitrogens is 1. The van der Waals surface area contributed by atoms with Crippen molar-refractivity contribution in [1.82, 2.24) is 9.88 Å². The standard InChI is InChI=1S/C20H24N2O5.C10H8/c23-9-6-18-15(3-2-7-21-18)11-22-8-10-26-13-16(22)14-27-20-5-1-4-19(25)17(20)12-24;1-2-6-10-8-4-3-7-9(10)5-1/h1-5,7,12,16,23,25H,6,8-11,13-14H2;1-8H/t16-;/m0./s1. The Bertz CT molecular complexity index is 1230. The number of hydrogen-bond donors (Lipinski definition) is 2. The van der Waals surface area contributed by atoms with Crippen molar-refractivity contribution in [2.75, 3.05) is 33.0 Å². The number of phenolic OH excluding ortho intramolecular Hbond substituents is 1. The molecule has 0 amide bonds. The van der Waals surface area contributed by atoms with E-state index in [4.69, 9.17) is 9.47 Å².